The zero-order valence-corrected chi connectivity index (χ0v) is 12.3. The van der Waals surface area contributed by atoms with Crippen LogP contribution in [0.25, 0.3) is 0 Å². The minimum Gasteiger partial charge on any atom is -0.465 e. The topological polar surface area (TPSA) is 26.3 Å². The second-order valence-electron chi connectivity index (χ2n) is 2.91. The Morgan fingerprint density at radius 1 is 1.35 bits per heavy atom. The summed E-state index contributed by atoms with van der Waals surface area (Å²) in [5.74, 6) is -0.384. The summed E-state index contributed by atoms with van der Waals surface area (Å²) in [4.78, 5) is 11.4. The number of carbonyl (C=O) groups is 1. The van der Waals surface area contributed by atoms with Crippen molar-refractivity contribution in [2.24, 2.45) is 0 Å². The largest absolute Gasteiger partial charge is 0.465 e. The molecule has 0 amide bonds. The van der Waals surface area contributed by atoms with Crippen molar-refractivity contribution >= 4 is 21.9 Å². The fourth-order valence-corrected chi connectivity index (χ4v) is 1.93. The first-order chi connectivity index (χ1) is 7.99. The third-order valence-electron chi connectivity index (χ3n) is 1.83. The Hall–Kier alpha value is -1.35. The lowest BCUT2D eigenvalue weighted by Crippen LogP contribution is -2.06. The Morgan fingerprint density at radius 2 is 1.82 bits per heavy atom. The third-order valence-corrected chi connectivity index (χ3v) is 2.69. The van der Waals surface area contributed by atoms with Crippen LogP contribution < -0.4 is 0 Å². The van der Waals surface area contributed by atoms with Gasteiger partial charge in [0.15, 0.2) is 0 Å². The molecule has 0 saturated carbocycles. The summed E-state index contributed by atoms with van der Waals surface area (Å²) in [5, 5.41) is 0. The Morgan fingerprint density at radius 3 is 2.06 bits per heavy atom. The highest BCUT2D eigenvalue weighted by atomic mass is 79.9. The molecular formula is C14H19BrO2. The van der Waals surface area contributed by atoms with E-state index in [4.69, 9.17) is 0 Å². The first kappa shape index (κ1) is 18.0. The van der Waals surface area contributed by atoms with Crippen molar-refractivity contribution in [1.29, 1.82) is 0 Å². The Bertz CT molecular complexity index is 362. The molecule has 0 radical (unpaired) electrons. The van der Waals surface area contributed by atoms with Crippen LogP contribution >= 0.6 is 15.9 Å². The van der Waals surface area contributed by atoms with E-state index < -0.39 is 0 Å². The Labute approximate surface area is 112 Å². The Kier molecular flexibility index (Phi) is 10.4. The van der Waals surface area contributed by atoms with E-state index in [1.54, 1.807) is 19.1 Å². The highest BCUT2D eigenvalue weighted by molar-refractivity contribution is 9.12. The van der Waals surface area contributed by atoms with E-state index in [1.165, 1.54) is 7.11 Å². The monoisotopic (exact) mass is 298 g/mol. The minimum absolute atomic E-state index is 0.384. The van der Waals surface area contributed by atoms with Gasteiger partial charge in [0, 0.05) is 4.48 Å². The minimum atomic E-state index is -0.384. The van der Waals surface area contributed by atoms with Crippen molar-refractivity contribution in [3.63, 3.8) is 0 Å². The molecule has 0 heterocycles. The summed E-state index contributed by atoms with van der Waals surface area (Å²) in [6, 6.07) is 0. The SMILES string of the molecule is C=C.C=C/C(C(=C)C)=C(Br)/C(=C\C)C(=O)OC. The number of halogens is 1. The predicted octanol–water partition coefficient (Wildman–Crippen LogP) is 4.32. The van der Waals surface area contributed by atoms with Gasteiger partial charge in [0.1, 0.15) is 0 Å². The smallest absolute Gasteiger partial charge is 0.338 e. The molecule has 0 rings (SSSR count). The second kappa shape index (κ2) is 9.85. The maximum Gasteiger partial charge on any atom is 0.338 e. The number of esters is 1. The molecule has 3 heteroatoms. The van der Waals surface area contributed by atoms with E-state index in [1.807, 2.05) is 6.92 Å². The van der Waals surface area contributed by atoms with Crippen molar-refractivity contribution in [3.8, 4) is 0 Å². The van der Waals surface area contributed by atoms with Gasteiger partial charge in [0.2, 0.25) is 0 Å². The van der Waals surface area contributed by atoms with Crippen LogP contribution in [0.2, 0.25) is 0 Å². The molecule has 0 saturated heterocycles. The lowest BCUT2D eigenvalue weighted by molar-refractivity contribution is -0.135. The van der Waals surface area contributed by atoms with Crippen LogP contribution in [0, 0.1) is 0 Å². The van der Waals surface area contributed by atoms with Crippen LogP contribution in [-0.2, 0) is 9.53 Å². The molecule has 0 aromatic carbocycles. The Balaban J connectivity index is 0. The summed E-state index contributed by atoms with van der Waals surface area (Å²) < 4.78 is 5.32. The number of allylic oxidation sites excluding steroid dienone is 4. The van der Waals surface area contributed by atoms with Gasteiger partial charge in [-0.1, -0.05) is 25.3 Å². The zero-order chi connectivity index (χ0) is 14.0. The van der Waals surface area contributed by atoms with Crippen LogP contribution in [0.3, 0.4) is 0 Å². The van der Waals surface area contributed by atoms with Crippen molar-refractivity contribution in [2.45, 2.75) is 13.8 Å². The van der Waals surface area contributed by atoms with Gasteiger partial charge in [-0.3, -0.25) is 0 Å². The van der Waals surface area contributed by atoms with Gasteiger partial charge in [-0.2, -0.15) is 0 Å². The van der Waals surface area contributed by atoms with E-state index in [9.17, 15) is 4.79 Å². The van der Waals surface area contributed by atoms with Gasteiger partial charge in [-0.15, -0.1) is 13.2 Å². The average Bonchev–Trinajstić information content (AvgIpc) is 2.32. The van der Waals surface area contributed by atoms with Gasteiger partial charge in [0.05, 0.1) is 12.7 Å². The fourth-order valence-electron chi connectivity index (χ4n) is 1.04. The summed E-state index contributed by atoms with van der Waals surface area (Å²) >= 11 is 3.35. The van der Waals surface area contributed by atoms with Crippen LogP contribution in [0.15, 0.2) is 59.7 Å². The highest BCUT2D eigenvalue weighted by Gasteiger charge is 2.14. The van der Waals surface area contributed by atoms with Gasteiger partial charge in [0.25, 0.3) is 0 Å². The standard InChI is InChI=1S/C12H15BrO2.C2H4/c1-6-9(8(3)4)11(13)10(7-2)12(14)15-5;1-2/h6-7H,1,3H2,2,4-5H3;1-2H2/b10-7+,11-9+;. The molecule has 17 heavy (non-hydrogen) atoms. The maximum atomic E-state index is 11.4. The average molecular weight is 299 g/mol. The van der Waals surface area contributed by atoms with E-state index in [-0.39, 0.29) is 5.97 Å². The number of methoxy groups -OCH3 is 1. The molecule has 0 aliphatic heterocycles. The number of hydrogen-bond acceptors (Lipinski definition) is 2. The lowest BCUT2D eigenvalue weighted by Gasteiger charge is -2.08. The van der Waals surface area contributed by atoms with Crippen LogP contribution in [0.4, 0.5) is 0 Å². The number of hydrogen-bond donors (Lipinski definition) is 0. The van der Waals surface area contributed by atoms with Gasteiger partial charge >= 0.3 is 5.97 Å². The van der Waals surface area contributed by atoms with Crippen LogP contribution in [0.1, 0.15) is 13.8 Å². The second-order valence-corrected chi connectivity index (χ2v) is 3.70. The molecule has 94 valence electrons. The summed E-state index contributed by atoms with van der Waals surface area (Å²) in [6.45, 7) is 17.1. The molecule has 0 aliphatic carbocycles. The molecule has 2 nitrogen and oxygen atoms in total. The molecular weight excluding hydrogens is 280 g/mol. The van der Waals surface area contributed by atoms with Crippen molar-refractivity contribution in [3.05, 3.63) is 59.7 Å². The molecule has 0 spiro atoms. The molecule has 0 aromatic rings. The molecule has 0 aromatic heterocycles. The number of rotatable bonds is 4. The molecule has 0 bridgehead atoms. The van der Waals surface area contributed by atoms with E-state index in [0.29, 0.717) is 10.1 Å². The fraction of sp³-hybridized carbons (Fsp3) is 0.214. The molecule has 0 atom stereocenters. The van der Waals surface area contributed by atoms with E-state index in [0.717, 1.165) is 11.1 Å². The normalized spacial score (nSPS) is 11.6. The van der Waals surface area contributed by atoms with E-state index >= 15 is 0 Å². The third kappa shape index (κ3) is 5.50. The van der Waals surface area contributed by atoms with E-state index in [2.05, 4.69) is 47.0 Å². The predicted molar refractivity (Wildman–Crippen MR) is 78.0 cm³/mol. The number of ether oxygens (including phenoxy) is 1. The van der Waals surface area contributed by atoms with Gasteiger partial charge < -0.3 is 4.74 Å². The van der Waals surface area contributed by atoms with Gasteiger partial charge in [-0.05, 0) is 40.9 Å². The quantitative estimate of drug-likeness (QED) is 0.334. The lowest BCUT2D eigenvalue weighted by atomic mass is 10.1. The first-order valence-corrected chi connectivity index (χ1v) is 5.71. The molecule has 0 N–H and O–H groups in total. The zero-order valence-electron chi connectivity index (χ0n) is 10.7. The molecule has 0 fully saturated rings. The molecule has 0 unspecified atom stereocenters. The van der Waals surface area contributed by atoms with Crippen LogP contribution in [0.5, 0.6) is 0 Å². The van der Waals surface area contributed by atoms with Crippen molar-refractivity contribution in [2.75, 3.05) is 7.11 Å². The van der Waals surface area contributed by atoms with Crippen LogP contribution in [-0.4, -0.2) is 13.1 Å². The van der Waals surface area contributed by atoms with Crippen molar-refractivity contribution < 1.29 is 9.53 Å². The highest BCUT2D eigenvalue weighted by Crippen LogP contribution is 2.26. The number of carbonyl (C=O) groups excluding carboxylic acids is 1. The van der Waals surface area contributed by atoms with Crippen molar-refractivity contribution in [1.82, 2.24) is 0 Å². The summed E-state index contributed by atoms with van der Waals surface area (Å²) in [6.07, 6.45) is 3.33. The summed E-state index contributed by atoms with van der Waals surface area (Å²) in [7, 11) is 1.35. The summed E-state index contributed by atoms with van der Waals surface area (Å²) in [5.41, 5.74) is 2.10. The molecule has 0 aliphatic rings. The maximum absolute atomic E-state index is 11.4. The first-order valence-electron chi connectivity index (χ1n) is 4.92. The van der Waals surface area contributed by atoms with Gasteiger partial charge in [-0.25, -0.2) is 4.79 Å².